The summed E-state index contributed by atoms with van der Waals surface area (Å²) in [6, 6.07) is 13.0. The van der Waals surface area contributed by atoms with Crippen LogP contribution in [0.15, 0.2) is 42.5 Å². The zero-order chi connectivity index (χ0) is 17.8. The molecular formula is C19H19Cl3N2O. The van der Waals surface area contributed by atoms with Crippen LogP contribution in [0.1, 0.15) is 34.8 Å². The first-order chi connectivity index (χ1) is 12.1. The summed E-state index contributed by atoms with van der Waals surface area (Å²) in [6.45, 7) is 2.56. The summed E-state index contributed by atoms with van der Waals surface area (Å²) in [5, 5.41) is 4.37. The van der Waals surface area contributed by atoms with Gasteiger partial charge in [0.2, 0.25) is 0 Å². The largest absolute Gasteiger partial charge is 0.350 e. The van der Waals surface area contributed by atoms with Gasteiger partial charge in [0, 0.05) is 11.6 Å². The van der Waals surface area contributed by atoms with Crippen molar-refractivity contribution in [1.82, 2.24) is 10.2 Å². The number of amides is 1. The number of nitrogens with zero attached hydrogens (tertiary/aromatic N) is 1. The van der Waals surface area contributed by atoms with Crippen molar-refractivity contribution in [1.29, 1.82) is 0 Å². The molecule has 3 rings (SSSR count). The van der Waals surface area contributed by atoms with Gasteiger partial charge >= 0.3 is 0 Å². The summed E-state index contributed by atoms with van der Waals surface area (Å²) < 4.78 is 0. The van der Waals surface area contributed by atoms with Gasteiger partial charge in [0.15, 0.2) is 0 Å². The van der Waals surface area contributed by atoms with Crippen LogP contribution in [0, 0.1) is 0 Å². The molecule has 2 aromatic rings. The Bertz CT molecular complexity index is 743. The molecule has 0 aliphatic carbocycles. The van der Waals surface area contributed by atoms with Crippen LogP contribution in [-0.4, -0.2) is 30.4 Å². The number of nitrogens with one attached hydrogen (secondary N) is 1. The summed E-state index contributed by atoms with van der Waals surface area (Å²) in [7, 11) is 0. The lowest BCUT2D eigenvalue weighted by Gasteiger charge is -2.28. The Balaban J connectivity index is 1.75. The maximum Gasteiger partial charge on any atom is 0.252 e. The van der Waals surface area contributed by atoms with Gasteiger partial charge in [-0.25, -0.2) is 0 Å². The Morgan fingerprint density at radius 1 is 1.04 bits per heavy atom. The zero-order valence-corrected chi connectivity index (χ0v) is 15.9. The molecule has 1 fully saturated rings. The van der Waals surface area contributed by atoms with Gasteiger partial charge in [0.25, 0.3) is 5.91 Å². The molecule has 3 nitrogen and oxygen atoms in total. The second-order valence-corrected chi connectivity index (χ2v) is 7.34. The van der Waals surface area contributed by atoms with Gasteiger partial charge in [-0.3, -0.25) is 9.69 Å². The van der Waals surface area contributed by atoms with Gasteiger partial charge in [0.1, 0.15) is 0 Å². The number of rotatable bonds is 5. The first kappa shape index (κ1) is 18.5. The second-order valence-electron chi connectivity index (χ2n) is 6.12. The summed E-state index contributed by atoms with van der Waals surface area (Å²) in [5.74, 6) is -0.217. The smallest absolute Gasteiger partial charge is 0.252 e. The minimum absolute atomic E-state index is 0.113. The summed E-state index contributed by atoms with van der Waals surface area (Å²) in [5.41, 5.74) is 1.54. The third-order valence-corrected chi connectivity index (χ3v) is 5.56. The molecule has 25 heavy (non-hydrogen) atoms. The van der Waals surface area contributed by atoms with Crippen LogP contribution < -0.4 is 5.32 Å². The average molecular weight is 398 g/mol. The van der Waals surface area contributed by atoms with E-state index in [9.17, 15) is 4.79 Å². The van der Waals surface area contributed by atoms with Crippen LogP contribution in [0.3, 0.4) is 0 Å². The second kappa shape index (κ2) is 8.41. The number of hydrogen-bond acceptors (Lipinski definition) is 2. The first-order valence-corrected chi connectivity index (χ1v) is 9.41. The van der Waals surface area contributed by atoms with Crippen molar-refractivity contribution in [2.45, 2.75) is 18.9 Å². The number of halogens is 3. The van der Waals surface area contributed by atoms with E-state index in [1.165, 1.54) is 12.8 Å². The summed E-state index contributed by atoms with van der Waals surface area (Å²) >= 11 is 18.2. The van der Waals surface area contributed by atoms with E-state index < -0.39 is 0 Å². The zero-order valence-electron chi connectivity index (χ0n) is 13.6. The van der Waals surface area contributed by atoms with E-state index in [0.717, 1.165) is 18.7 Å². The van der Waals surface area contributed by atoms with Gasteiger partial charge in [-0.15, -0.1) is 0 Å². The van der Waals surface area contributed by atoms with Crippen molar-refractivity contribution < 1.29 is 4.79 Å². The maximum absolute atomic E-state index is 12.5. The average Bonchev–Trinajstić information content (AvgIpc) is 3.13. The quantitative estimate of drug-likeness (QED) is 0.750. The predicted octanol–water partition coefficient (Wildman–Crippen LogP) is 5.21. The number of likely N-dealkylation sites (tertiary alicyclic amines) is 1. The molecule has 1 aliphatic rings. The Labute approximate surface area is 162 Å². The number of carbonyl (C=O) groups excluding carboxylic acids is 1. The van der Waals surface area contributed by atoms with E-state index in [0.29, 0.717) is 22.2 Å². The summed E-state index contributed by atoms with van der Waals surface area (Å²) in [4.78, 5) is 14.9. The third-order valence-electron chi connectivity index (χ3n) is 4.49. The van der Waals surface area contributed by atoms with Crippen molar-refractivity contribution in [3.05, 3.63) is 68.7 Å². The number of benzene rings is 2. The molecule has 1 atom stereocenters. The van der Waals surface area contributed by atoms with E-state index in [1.807, 2.05) is 24.3 Å². The molecule has 1 N–H and O–H groups in total. The third kappa shape index (κ3) is 4.48. The molecule has 6 heteroatoms. The molecule has 0 spiro atoms. The topological polar surface area (TPSA) is 32.3 Å². The molecule has 0 saturated carbocycles. The molecule has 1 amide bonds. The van der Waals surface area contributed by atoms with Crippen LogP contribution in [0.2, 0.25) is 15.1 Å². The predicted molar refractivity (Wildman–Crippen MR) is 104 cm³/mol. The fourth-order valence-corrected chi connectivity index (χ4v) is 3.67. The Morgan fingerprint density at radius 3 is 2.40 bits per heavy atom. The molecule has 0 aromatic heterocycles. The molecule has 2 aromatic carbocycles. The van der Waals surface area contributed by atoms with Crippen molar-refractivity contribution in [2.24, 2.45) is 0 Å². The number of hydrogen-bond donors (Lipinski definition) is 1. The van der Waals surface area contributed by atoms with E-state index in [2.05, 4.69) is 10.2 Å². The minimum Gasteiger partial charge on any atom is -0.350 e. The van der Waals surface area contributed by atoms with E-state index in [-0.39, 0.29) is 17.0 Å². The minimum atomic E-state index is -0.217. The van der Waals surface area contributed by atoms with Crippen molar-refractivity contribution in [2.75, 3.05) is 19.6 Å². The molecular weight excluding hydrogens is 379 g/mol. The molecule has 0 bridgehead atoms. The van der Waals surface area contributed by atoms with Crippen molar-refractivity contribution in [3.63, 3.8) is 0 Å². The Morgan fingerprint density at radius 2 is 1.72 bits per heavy atom. The highest BCUT2D eigenvalue weighted by molar-refractivity contribution is 6.43. The van der Waals surface area contributed by atoms with Gasteiger partial charge in [-0.2, -0.15) is 0 Å². The monoisotopic (exact) mass is 396 g/mol. The van der Waals surface area contributed by atoms with Crippen molar-refractivity contribution in [3.8, 4) is 0 Å². The molecule has 1 heterocycles. The highest BCUT2D eigenvalue weighted by Gasteiger charge is 2.24. The van der Waals surface area contributed by atoms with Gasteiger partial charge < -0.3 is 5.32 Å². The van der Waals surface area contributed by atoms with Gasteiger partial charge in [-0.05, 0) is 55.8 Å². The van der Waals surface area contributed by atoms with Crippen LogP contribution in [0.5, 0.6) is 0 Å². The molecule has 1 saturated heterocycles. The van der Waals surface area contributed by atoms with Gasteiger partial charge in [-0.1, -0.05) is 53.0 Å². The molecule has 1 aliphatic heterocycles. The SMILES string of the molecule is O=C(NCC(c1ccc(Cl)cc1)N1CCCC1)c1cccc(Cl)c1Cl. The summed E-state index contributed by atoms with van der Waals surface area (Å²) in [6.07, 6.45) is 2.36. The standard InChI is InChI=1S/C19H19Cl3N2O/c20-14-8-6-13(7-9-14)17(24-10-1-2-11-24)12-23-19(25)15-4-3-5-16(21)18(15)22/h3-9,17H,1-2,10-12H2,(H,23,25). The first-order valence-electron chi connectivity index (χ1n) is 8.28. The Kier molecular flexibility index (Phi) is 6.24. The molecule has 0 radical (unpaired) electrons. The van der Waals surface area contributed by atoms with Crippen LogP contribution in [0.4, 0.5) is 0 Å². The maximum atomic E-state index is 12.5. The van der Waals surface area contributed by atoms with Crippen LogP contribution in [0.25, 0.3) is 0 Å². The van der Waals surface area contributed by atoms with E-state index in [4.69, 9.17) is 34.8 Å². The highest BCUT2D eigenvalue weighted by Crippen LogP contribution is 2.27. The van der Waals surface area contributed by atoms with Crippen LogP contribution >= 0.6 is 34.8 Å². The van der Waals surface area contributed by atoms with Crippen LogP contribution in [-0.2, 0) is 0 Å². The lowest BCUT2D eigenvalue weighted by atomic mass is 10.1. The Hall–Kier alpha value is -1.26. The molecule has 132 valence electrons. The lowest BCUT2D eigenvalue weighted by molar-refractivity contribution is 0.0938. The number of carbonyl (C=O) groups is 1. The normalized spacial score (nSPS) is 16.0. The van der Waals surface area contributed by atoms with Gasteiger partial charge in [0.05, 0.1) is 21.7 Å². The molecule has 1 unspecified atom stereocenters. The lowest BCUT2D eigenvalue weighted by Crippen LogP contribution is -2.36. The highest BCUT2D eigenvalue weighted by atomic mass is 35.5. The van der Waals surface area contributed by atoms with E-state index in [1.54, 1.807) is 18.2 Å². The van der Waals surface area contributed by atoms with Crippen molar-refractivity contribution >= 4 is 40.7 Å². The fourth-order valence-electron chi connectivity index (χ4n) is 3.16. The fraction of sp³-hybridized carbons (Fsp3) is 0.316. The van der Waals surface area contributed by atoms with E-state index >= 15 is 0 Å².